The summed E-state index contributed by atoms with van der Waals surface area (Å²) >= 11 is 17.3. The minimum absolute atomic E-state index is 0.169. The van der Waals surface area contributed by atoms with Crippen molar-refractivity contribution in [2.75, 3.05) is 0 Å². The van der Waals surface area contributed by atoms with Crippen molar-refractivity contribution in [1.29, 1.82) is 0 Å². The predicted molar refractivity (Wildman–Crippen MR) is 174 cm³/mol. The summed E-state index contributed by atoms with van der Waals surface area (Å²) in [6.45, 7) is 6.45. The van der Waals surface area contributed by atoms with Gasteiger partial charge in [0.1, 0.15) is 23.0 Å². The summed E-state index contributed by atoms with van der Waals surface area (Å²) < 4.78 is 117. The summed E-state index contributed by atoms with van der Waals surface area (Å²) in [7, 11) is 2.16. The van der Waals surface area contributed by atoms with Crippen LogP contribution in [0.25, 0.3) is 22.5 Å². The molecule has 0 atom stereocenters. The van der Waals surface area contributed by atoms with Crippen molar-refractivity contribution >= 4 is 67.0 Å². The number of esters is 2. The van der Waals surface area contributed by atoms with E-state index < -0.39 is 68.5 Å². The van der Waals surface area contributed by atoms with Crippen molar-refractivity contribution in [3.8, 4) is 22.5 Å². The third-order valence-electron chi connectivity index (χ3n) is 6.26. The van der Waals surface area contributed by atoms with Crippen molar-refractivity contribution in [3.63, 3.8) is 0 Å². The second-order valence-electron chi connectivity index (χ2n) is 10.8. The Morgan fingerprint density at radius 2 is 0.980 bits per heavy atom. The topological polar surface area (TPSA) is 88.2 Å². The van der Waals surface area contributed by atoms with Gasteiger partial charge >= 0.3 is 24.3 Å². The van der Waals surface area contributed by atoms with Crippen LogP contribution in [0.2, 0.25) is 10.0 Å². The Morgan fingerprint density at radius 3 is 1.22 bits per heavy atom. The number of hydrogen-bond donors (Lipinski definition) is 0. The number of aryl methyl sites for hydroxylation is 2. The van der Waals surface area contributed by atoms with E-state index in [0.717, 1.165) is 38.4 Å². The summed E-state index contributed by atoms with van der Waals surface area (Å²) in [6, 6.07) is 3.72. The van der Waals surface area contributed by atoms with Gasteiger partial charge in [0.15, 0.2) is 11.4 Å². The van der Waals surface area contributed by atoms with E-state index in [1.165, 1.54) is 0 Å². The molecule has 4 rings (SSSR count). The molecular formula is C30H24Br2Cl2F8N4O4. The van der Waals surface area contributed by atoms with Gasteiger partial charge in [0.05, 0.1) is 42.3 Å². The third-order valence-corrected chi connectivity index (χ3v) is 8.39. The molecule has 0 N–H and O–H groups in total. The SMILES string of the molecule is CC(C)OC(=O)c1cc(-c2nn(C)c(C(F)(F)F)c2Br)c(F)cc1Cl.CC(C)OC(=O)c1cc(-c2nn(C)c(C(F)(F)F)c2Br)c(F)cc1Cl. The second-order valence-corrected chi connectivity index (χ2v) is 13.2. The molecule has 0 saturated heterocycles. The Bertz CT molecular complexity index is 1810. The van der Waals surface area contributed by atoms with Crippen LogP contribution in [-0.4, -0.2) is 43.7 Å². The van der Waals surface area contributed by atoms with Crippen LogP contribution in [-0.2, 0) is 35.9 Å². The Balaban J connectivity index is 0.000000270. The Kier molecular flexibility index (Phi) is 12.8. The zero-order chi connectivity index (χ0) is 38.2. The fourth-order valence-corrected chi connectivity index (χ4v) is 6.29. The van der Waals surface area contributed by atoms with Crippen LogP contribution in [0.15, 0.2) is 33.2 Å². The largest absolute Gasteiger partial charge is 0.459 e. The normalized spacial score (nSPS) is 11.9. The van der Waals surface area contributed by atoms with E-state index in [9.17, 15) is 44.7 Å². The highest BCUT2D eigenvalue weighted by Crippen LogP contribution is 2.42. The maximum atomic E-state index is 14.3. The standard InChI is InChI=1S/2C15H12BrClF4N2O2/c2*1-6(2)25-14(24)7-4-8(10(18)5-9(7)17)12-11(16)13(15(19,20)21)23(3)22-12/h2*4-6H,1-3H3. The van der Waals surface area contributed by atoms with E-state index in [1.54, 1.807) is 27.7 Å². The van der Waals surface area contributed by atoms with E-state index in [0.29, 0.717) is 9.36 Å². The molecule has 0 aliphatic heterocycles. The summed E-state index contributed by atoms with van der Waals surface area (Å²) in [5.74, 6) is -3.47. The average molecular weight is 887 g/mol. The minimum Gasteiger partial charge on any atom is -0.459 e. The van der Waals surface area contributed by atoms with Crippen molar-refractivity contribution in [2.24, 2.45) is 14.1 Å². The van der Waals surface area contributed by atoms with E-state index in [-0.39, 0.29) is 43.7 Å². The summed E-state index contributed by atoms with van der Waals surface area (Å²) in [5.41, 5.74) is -3.72. The number of halogens is 12. The summed E-state index contributed by atoms with van der Waals surface area (Å²) in [6.07, 6.45) is -10.3. The molecule has 2 aromatic heterocycles. The Labute approximate surface area is 305 Å². The number of hydrogen-bond acceptors (Lipinski definition) is 6. The molecule has 0 bridgehead atoms. The summed E-state index contributed by atoms with van der Waals surface area (Å²) in [4.78, 5) is 24.1. The molecule has 20 heteroatoms. The van der Waals surface area contributed by atoms with E-state index >= 15 is 0 Å². The molecule has 8 nitrogen and oxygen atoms in total. The molecule has 0 unspecified atom stereocenters. The van der Waals surface area contributed by atoms with Crippen LogP contribution >= 0.6 is 55.1 Å². The van der Waals surface area contributed by atoms with Gasteiger partial charge in [0, 0.05) is 25.2 Å². The van der Waals surface area contributed by atoms with E-state index in [2.05, 4.69) is 42.1 Å². The van der Waals surface area contributed by atoms with E-state index in [1.807, 2.05) is 0 Å². The van der Waals surface area contributed by atoms with Gasteiger partial charge < -0.3 is 9.47 Å². The maximum Gasteiger partial charge on any atom is 0.434 e. The predicted octanol–water partition coefficient (Wildman–Crippen LogP) is 10.5. The second kappa shape index (κ2) is 15.6. The number of benzene rings is 2. The molecule has 272 valence electrons. The highest BCUT2D eigenvalue weighted by atomic mass is 79.9. The Hall–Kier alpha value is -3.22. The molecule has 0 aliphatic carbocycles. The molecule has 0 radical (unpaired) electrons. The molecule has 0 aliphatic rings. The smallest absolute Gasteiger partial charge is 0.434 e. The molecule has 0 spiro atoms. The molecule has 4 aromatic rings. The molecule has 0 amide bonds. The number of alkyl halides is 6. The first-order valence-corrected chi connectivity index (χ1v) is 16.2. The van der Waals surface area contributed by atoms with Gasteiger partial charge in [-0.15, -0.1) is 0 Å². The van der Waals surface area contributed by atoms with Crippen LogP contribution in [0.1, 0.15) is 59.8 Å². The summed E-state index contributed by atoms with van der Waals surface area (Å²) in [5, 5.41) is 7.00. The zero-order valence-electron chi connectivity index (χ0n) is 26.4. The highest BCUT2D eigenvalue weighted by molar-refractivity contribution is 9.11. The monoisotopic (exact) mass is 884 g/mol. The first-order chi connectivity index (χ1) is 22.9. The van der Waals surface area contributed by atoms with Crippen LogP contribution in [0.3, 0.4) is 0 Å². The van der Waals surface area contributed by atoms with Gasteiger partial charge in [0.25, 0.3) is 0 Å². The van der Waals surface area contributed by atoms with Gasteiger partial charge in [-0.25, -0.2) is 18.4 Å². The number of carbonyl (C=O) groups is 2. The first kappa shape index (κ1) is 41.2. The molecule has 0 fully saturated rings. The van der Waals surface area contributed by atoms with Gasteiger partial charge in [-0.3, -0.25) is 9.36 Å². The average Bonchev–Trinajstić information content (AvgIpc) is 3.41. The lowest BCUT2D eigenvalue weighted by molar-refractivity contribution is -0.145. The van der Waals surface area contributed by atoms with Crippen LogP contribution < -0.4 is 0 Å². The van der Waals surface area contributed by atoms with Gasteiger partial charge in [0.2, 0.25) is 0 Å². The molecule has 2 heterocycles. The highest BCUT2D eigenvalue weighted by Gasteiger charge is 2.40. The van der Waals surface area contributed by atoms with Crippen molar-refractivity contribution in [2.45, 2.75) is 52.3 Å². The lowest BCUT2D eigenvalue weighted by Crippen LogP contribution is -2.12. The number of carbonyl (C=O) groups excluding carboxylic acids is 2. The van der Waals surface area contributed by atoms with Gasteiger partial charge in [-0.1, -0.05) is 23.2 Å². The fraction of sp³-hybridized carbons (Fsp3) is 0.333. The molecular weight excluding hydrogens is 863 g/mol. The first-order valence-electron chi connectivity index (χ1n) is 13.9. The van der Waals surface area contributed by atoms with Crippen LogP contribution in [0.5, 0.6) is 0 Å². The molecule has 50 heavy (non-hydrogen) atoms. The molecule has 2 aromatic carbocycles. The van der Waals surface area contributed by atoms with Crippen molar-refractivity contribution in [3.05, 3.63) is 77.4 Å². The minimum atomic E-state index is -4.69. The molecule has 0 saturated carbocycles. The number of ether oxygens (including phenoxy) is 2. The van der Waals surface area contributed by atoms with E-state index in [4.69, 9.17) is 32.7 Å². The lowest BCUT2D eigenvalue weighted by Gasteiger charge is -2.11. The zero-order valence-corrected chi connectivity index (χ0v) is 31.1. The fourth-order valence-electron chi connectivity index (χ4n) is 4.29. The maximum absolute atomic E-state index is 14.3. The van der Waals surface area contributed by atoms with Crippen LogP contribution in [0.4, 0.5) is 35.1 Å². The Morgan fingerprint density at radius 1 is 0.680 bits per heavy atom. The van der Waals surface area contributed by atoms with Crippen molar-refractivity contribution < 1.29 is 54.2 Å². The number of aromatic nitrogens is 4. The third kappa shape index (κ3) is 9.16. The number of nitrogens with zero attached hydrogens (tertiary/aromatic N) is 4. The lowest BCUT2D eigenvalue weighted by atomic mass is 10.1. The number of rotatable bonds is 6. The quantitative estimate of drug-likeness (QED) is 0.142. The van der Waals surface area contributed by atoms with Gasteiger partial charge in [-0.05, 0) is 83.8 Å². The van der Waals surface area contributed by atoms with Gasteiger partial charge in [-0.2, -0.15) is 36.5 Å². The van der Waals surface area contributed by atoms with Crippen LogP contribution in [0, 0.1) is 11.6 Å². The van der Waals surface area contributed by atoms with Crippen molar-refractivity contribution in [1.82, 2.24) is 19.6 Å².